The van der Waals surface area contributed by atoms with Crippen LogP contribution in [0, 0.1) is 0 Å². The van der Waals surface area contributed by atoms with Gasteiger partial charge >= 0.3 is 0 Å². The minimum Gasteiger partial charge on any atom is -0.399 e. The molecule has 1 aliphatic carbocycles. The van der Waals surface area contributed by atoms with Crippen molar-refractivity contribution in [3.63, 3.8) is 0 Å². The highest BCUT2D eigenvalue weighted by atomic mass is 16.3. The molecule has 1 fully saturated rings. The monoisotopic (exact) mass is 230 g/mol. The fourth-order valence-corrected chi connectivity index (χ4v) is 2.90. The first-order chi connectivity index (χ1) is 8.25. The molecule has 1 aliphatic heterocycles. The zero-order valence-electron chi connectivity index (χ0n) is 9.87. The van der Waals surface area contributed by atoms with Gasteiger partial charge in [0.15, 0.2) is 0 Å². The Labute approximate surface area is 101 Å². The average molecular weight is 230 g/mol. The highest BCUT2D eigenvalue weighted by Gasteiger charge is 2.28. The van der Waals surface area contributed by atoms with Crippen LogP contribution in [0.5, 0.6) is 0 Å². The van der Waals surface area contributed by atoms with Crippen molar-refractivity contribution in [3.05, 3.63) is 40.5 Å². The summed E-state index contributed by atoms with van der Waals surface area (Å²) in [7, 11) is 0. The molecule has 0 radical (unpaired) electrons. The van der Waals surface area contributed by atoms with Gasteiger partial charge in [0, 0.05) is 5.69 Å². The van der Waals surface area contributed by atoms with E-state index in [-0.39, 0.29) is 0 Å². The summed E-state index contributed by atoms with van der Waals surface area (Å²) in [4.78, 5) is 0. The number of aliphatic hydroxyl groups excluding tert-OH is 1. The second-order valence-electron chi connectivity index (χ2n) is 4.92. The van der Waals surface area contributed by atoms with Crippen molar-refractivity contribution in [1.82, 2.24) is 5.32 Å². The van der Waals surface area contributed by atoms with E-state index in [4.69, 9.17) is 5.73 Å². The van der Waals surface area contributed by atoms with Gasteiger partial charge in [-0.15, -0.1) is 0 Å². The van der Waals surface area contributed by atoms with Gasteiger partial charge in [0.1, 0.15) is 6.10 Å². The van der Waals surface area contributed by atoms with Gasteiger partial charge in [-0.3, -0.25) is 0 Å². The van der Waals surface area contributed by atoms with Crippen molar-refractivity contribution in [2.45, 2.75) is 25.4 Å². The maximum Gasteiger partial charge on any atom is 0.101 e. The van der Waals surface area contributed by atoms with Crippen molar-refractivity contribution in [2.75, 3.05) is 18.8 Å². The molecule has 1 unspecified atom stereocenters. The smallest absolute Gasteiger partial charge is 0.101 e. The molecule has 17 heavy (non-hydrogen) atoms. The molecule has 0 bridgehead atoms. The van der Waals surface area contributed by atoms with Crippen LogP contribution in [0.3, 0.4) is 0 Å². The second kappa shape index (κ2) is 4.17. The summed E-state index contributed by atoms with van der Waals surface area (Å²) in [6.45, 7) is 2.06. The maximum absolute atomic E-state index is 10.4. The number of aliphatic hydroxyl groups is 1. The molecular formula is C14H18N2O. The van der Waals surface area contributed by atoms with E-state index >= 15 is 0 Å². The summed E-state index contributed by atoms with van der Waals surface area (Å²) in [6, 6.07) is 5.83. The van der Waals surface area contributed by atoms with E-state index in [0.29, 0.717) is 0 Å². The van der Waals surface area contributed by atoms with Gasteiger partial charge in [-0.1, -0.05) is 11.6 Å². The number of hydrogen-bond acceptors (Lipinski definition) is 3. The first-order valence-electron chi connectivity index (χ1n) is 6.23. The summed E-state index contributed by atoms with van der Waals surface area (Å²) in [5, 5.41) is 13.7. The topological polar surface area (TPSA) is 58.3 Å². The number of hydrogen-bond donors (Lipinski definition) is 3. The Morgan fingerprint density at radius 3 is 2.76 bits per heavy atom. The molecule has 0 spiro atoms. The van der Waals surface area contributed by atoms with E-state index in [2.05, 4.69) is 5.32 Å². The maximum atomic E-state index is 10.4. The molecule has 3 heteroatoms. The predicted molar refractivity (Wildman–Crippen MR) is 68.6 cm³/mol. The lowest BCUT2D eigenvalue weighted by Gasteiger charge is -2.19. The molecule has 0 amide bonds. The summed E-state index contributed by atoms with van der Waals surface area (Å²) in [5.74, 6) is 0. The van der Waals surface area contributed by atoms with Gasteiger partial charge in [0.25, 0.3) is 0 Å². The largest absolute Gasteiger partial charge is 0.399 e. The molecule has 0 saturated carbocycles. The van der Waals surface area contributed by atoms with Crippen LogP contribution in [0.4, 0.5) is 5.69 Å². The number of piperidine rings is 1. The molecule has 2 aliphatic rings. The number of nitrogens with one attached hydrogen (secondary N) is 1. The summed E-state index contributed by atoms with van der Waals surface area (Å²) in [5.41, 5.74) is 11.5. The van der Waals surface area contributed by atoms with E-state index in [1.54, 1.807) is 0 Å². The standard InChI is InChI=1S/C14H18N2O/c15-11-1-2-12-10(7-11)8-13(14(12)17)9-3-5-16-6-4-9/h1-2,7,14,16-17H,3-6,8,15H2. The number of nitrogens with two attached hydrogens (primary N) is 1. The number of anilines is 1. The number of nitrogen functional groups attached to an aromatic ring is 1. The number of rotatable bonds is 0. The van der Waals surface area contributed by atoms with Crippen LogP contribution in [0.2, 0.25) is 0 Å². The molecular weight excluding hydrogens is 212 g/mol. The Kier molecular flexibility index (Phi) is 2.65. The number of fused-ring (bicyclic) bond motifs is 1. The van der Waals surface area contributed by atoms with Crippen molar-refractivity contribution in [1.29, 1.82) is 0 Å². The van der Waals surface area contributed by atoms with Crippen LogP contribution in [0.1, 0.15) is 30.1 Å². The Bertz CT molecular complexity index is 471. The Morgan fingerprint density at radius 1 is 1.24 bits per heavy atom. The van der Waals surface area contributed by atoms with Crippen LogP contribution in [0.25, 0.3) is 0 Å². The Balaban J connectivity index is 1.97. The highest BCUT2D eigenvalue weighted by molar-refractivity contribution is 5.53. The van der Waals surface area contributed by atoms with Crippen LogP contribution >= 0.6 is 0 Å². The lowest BCUT2D eigenvalue weighted by molar-refractivity contribution is 0.218. The third-order valence-corrected chi connectivity index (χ3v) is 3.83. The normalized spacial score (nSPS) is 23.9. The fourth-order valence-electron chi connectivity index (χ4n) is 2.90. The van der Waals surface area contributed by atoms with Crippen molar-refractivity contribution >= 4 is 5.69 Å². The van der Waals surface area contributed by atoms with Crippen LogP contribution in [0.15, 0.2) is 29.3 Å². The van der Waals surface area contributed by atoms with E-state index < -0.39 is 6.10 Å². The Hall–Kier alpha value is -1.32. The van der Waals surface area contributed by atoms with Gasteiger partial charge < -0.3 is 16.2 Å². The molecule has 1 aromatic rings. The first kappa shape index (κ1) is 10.8. The van der Waals surface area contributed by atoms with E-state index in [9.17, 15) is 5.11 Å². The van der Waals surface area contributed by atoms with Crippen molar-refractivity contribution in [3.8, 4) is 0 Å². The molecule has 3 nitrogen and oxygen atoms in total. The average Bonchev–Trinajstić information content (AvgIpc) is 2.67. The molecule has 0 aromatic heterocycles. The third kappa shape index (κ3) is 1.85. The minimum atomic E-state index is -0.404. The lowest BCUT2D eigenvalue weighted by atomic mass is 9.96. The fraction of sp³-hybridized carbons (Fsp3) is 0.429. The summed E-state index contributed by atoms with van der Waals surface area (Å²) >= 11 is 0. The van der Waals surface area contributed by atoms with Crippen molar-refractivity contribution < 1.29 is 5.11 Å². The molecule has 4 N–H and O–H groups in total. The molecule has 1 aromatic carbocycles. The molecule has 1 heterocycles. The Morgan fingerprint density at radius 2 is 2.00 bits per heavy atom. The van der Waals surface area contributed by atoms with Gasteiger partial charge in [0.2, 0.25) is 0 Å². The van der Waals surface area contributed by atoms with E-state index in [1.807, 2.05) is 18.2 Å². The van der Waals surface area contributed by atoms with Crippen LogP contribution in [-0.2, 0) is 6.42 Å². The zero-order chi connectivity index (χ0) is 11.8. The van der Waals surface area contributed by atoms with E-state index in [0.717, 1.165) is 43.6 Å². The SMILES string of the molecule is Nc1ccc2c(c1)CC(=C1CCNCC1)C2O. The van der Waals surface area contributed by atoms with Gasteiger partial charge in [-0.2, -0.15) is 0 Å². The summed E-state index contributed by atoms with van der Waals surface area (Å²) in [6.07, 6.45) is 2.60. The zero-order valence-corrected chi connectivity index (χ0v) is 9.87. The minimum absolute atomic E-state index is 0.404. The molecule has 3 rings (SSSR count). The van der Waals surface area contributed by atoms with Crippen molar-refractivity contribution in [2.24, 2.45) is 0 Å². The predicted octanol–water partition coefficient (Wildman–Crippen LogP) is 1.54. The summed E-state index contributed by atoms with van der Waals surface area (Å²) < 4.78 is 0. The third-order valence-electron chi connectivity index (χ3n) is 3.83. The van der Waals surface area contributed by atoms with E-state index in [1.165, 1.54) is 16.7 Å². The second-order valence-corrected chi connectivity index (χ2v) is 4.92. The highest BCUT2D eigenvalue weighted by Crippen LogP contribution is 2.39. The molecule has 1 saturated heterocycles. The molecule has 90 valence electrons. The molecule has 1 atom stereocenters. The van der Waals surface area contributed by atoms with Gasteiger partial charge in [0.05, 0.1) is 0 Å². The van der Waals surface area contributed by atoms with Crippen LogP contribution in [-0.4, -0.2) is 18.2 Å². The quantitative estimate of drug-likeness (QED) is 0.468. The number of benzene rings is 1. The van der Waals surface area contributed by atoms with Crippen LogP contribution < -0.4 is 11.1 Å². The first-order valence-corrected chi connectivity index (χ1v) is 6.23. The van der Waals surface area contributed by atoms with Gasteiger partial charge in [-0.05, 0) is 61.2 Å². The lowest BCUT2D eigenvalue weighted by Crippen LogP contribution is -2.24. The van der Waals surface area contributed by atoms with Gasteiger partial charge in [-0.25, -0.2) is 0 Å².